The molecule has 5 nitrogen and oxygen atoms in total. The summed E-state index contributed by atoms with van der Waals surface area (Å²) in [5, 5.41) is 3.14. The summed E-state index contributed by atoms with van der Waals surface area (Å²) in [6, 6.07) is 22.4. The molecule has 0 aliphatic heterocycles. The van der Waals surface area contributed by atoms with Gasteiger partial charge in [0, 0.05) is 6.54 Å². The molecule has 8 heteroatoms. The summed E-state index contributed by atoms with van der Waals surface area (Å²) in [5.41, 5.74) is 1.30. The molecule has 0 aliphatic carbocycles. The van der Waals surface area contributed by atoms with Crippen LogP contribution in [-0.4, -0.2) is 31.7 Å². The molecule has 30 heavy (non-hydrogen) atoms. The highest BCUT2D eigenvalue weighted by molar-refractivity contribution is 7.89. The van der Waals surface area contributed by atoms with E-state index in [4.69, 9.17) is 23.2 Å². The Bertz CT molecular complexity index is 1110. The van der Waals surface area contributed by atoms with Gasteiger partial charge in [-0.3, -0.25) is 4.79 Å². The summed E-state index contributed by atoms with van der Waals surface area (Å²) in [4.78, 5) is 12.8. The van der Waals surface area contributed by atoms with Gasteiger partial charge < -0.3 is 5.32 Å². The summed E-state index contributed by atoms with van der Waals surface area (Å²) < 4.78 is 27.5. The SMILES string of the molecule is O=C(CN(CCc1ccccc1)S(=O)(=O)c1ccccc1)Nc1cccc(Cl)c1Cl. The molecule has 0 atom stereocenters. The van der Waals surface area contributed by atoms with Crippen molar-refractivity contribution in [2.45, 2.75) is 11.3 Å². The quantitative estimate of drug-likeness (QED) is 0.519. The van der Waals surface area contributed by atoms with Crippen molar-refractivity contribution in [1.82, 2.24) is 4.31 Å². The number of hydrogen-bond donors (Lipinski definition) is 1. The largest absolute Gasteiger partial charge is 0.324 e. The van der Waals surface area contributed by atoms with Crippen molar-refractivity contribution in [3.8, 4) is 0 Å². The predicted octanol–water partition coefficient (Wildman–Crippen LogP) is 4.87. The van der Waals surface area contributed by atoms with E-state index in [0.29, 0.717) is 17.1 Å². The lowest BCUT2D eigenvalue weighted by atomic mass is 10.1. The Morgan fingerprint density at radius 2 is 1.50 bits per heavy atom. The van der Waals surface area contributed by atoms with E-state index in [1.165, 1.54) is 16.4 Å². The van der Waals surface area contributed by atoms with Crippen molar-refractivity contribution in [3.05, 3.63) is 94.5 Å². The molecule has 3 aromatic carbocycles. The topological polar surface area (TPSA) is 66.5 Å². The Morgan fingerprint density at radius 1 is 0.867 bits per heavy atom. The summed E-state index contributed by atoms with van der Waals surface area (Å²) >= 11 is 12.1. The number of rotatable bonds is 8. The van der Waals surface area contributed by atoms with E-state index in [1.807, 2.05) is 30.3 Å². The molecular weight excluding hydrogens is 443 g/mol. The van der Waals surface area contributed by atoms with E-state index in [1.54, 1.807) is 36.4 Å². The molecular formula is C22H20Cl2N2O3S. The number of nitrogens with zero attached hydrogens (tertiary/aromatic N) is 1. The fourth-order valence-electron chi connectivity index (χ4n) is 2.87. The Labute approximate surface area is 186 Å². The van der Waals surface area contributed by atoms with Crippen molar-refractivity contribution in [2.75, 3.05) is 18.4 Å². The van der Waals surface area contributed by atoms with Crippen LogP contribution in [0, 0.1) is 0 Å². The number of halogens is 2. The molecule has 0 aliphatic rings. The lowest BCUT2D eigenvalue weighted by Gasteiger charge is -2.22. The van der Waals surface area contributed by atoms with Gasteiger partial charge in [-0.2, -0.15) is 4.31 Å². The molecule has 0 saturated carbocycles. The molecule has 1 N–H and O–H groups in total. The highest BCUT2D eigenvalue weighted by Crippen LogP contribution is 2.29. The lowest BCUT2D eigenvalue weighted by Crippen LogP contribution is -2.39. The number of carbonyl (C=O) groups is 1. The molecule has 0 saturated heterocycles. The fraction of sp³-hybridized carbons (Fsp3) is 0.136. The second-order valence-electron chi connectivity index (χ2n) is 6.54. The maximum Gasteiger partial charge on any atom is 0.243 e. The monoisotopic (exact) mass is 462 g/mol. The van der Waals surface area contributed by atoms with Gasteiger partial charge in [0.1, 0.15) is 0 Å². The molecule has 1 amide bonds. The van der Waals surface area contributed by atoms with E-state index < -0.39 is 15.9 Å². The number of anilines is 1. The molecule has 0 radical (unpaired) electrons. The highest BCUT2D eigenvalue weighted by Gasteiger charge is 2.26. The minimum atomic E-state index is -3.86. The number of nitrogens with one attached hydrogen (secondary N) is 1. The van der Waals surface area contributed by atoms with Gasteiger partial charge >= 0.3 is 0 Å². The average molecular weight is 463 g/mol. The summed E-state index contributed by atoms with van der Waals surface area (Å²) in [6.07, 6.45) is 0.470. The standard InChI is InChI=1S/C22H20Cl2N2O3S/c23-19-12-7-13-20(22(19)24)25-21(27)16-26(15-14-17-8-3-1-4-9-17)30(28,29)18-10-5-2-6-11-18/h1-13H,14-16H2,(H,25,27). The van der Waals surface area contributed by atoms with E-state index in [0.717, 1.165) is 5.56 Å². The third-order valence-corrected chi connectivity index (χ3v) is 7.10. The Kier molecular flexibility index (Phi) is 7.50. The van der Waals surface area contributed by atoms with Crippen LogP contribution in [0.3, 0.4) is 0 Å². The summed E-state index contributed by atoms with van der Waals surface area (Å²) in [5.74, 6) is -0.508. The summed E-state index contributed by atoms with van der Waals surface area (Å²) in [7, 11) is -3.86. The predicted molar refractivity (Wildman–Crippen MR) is 120 cm³/mol. The van der Waals surface area contributed by atoms with Gasteiger partial charge in [-0.05, 0) is 36.2 Å². The van der Waals surface area contributed by atoms with E-state index in [-0.39, 0.29) is 23.0 Å². The van der Waals surface area contributed by atoms with Crippen molar-refractivity contribution < 1.29 is 13.2 Å². The Morgan fingerprint density at radius 3 is 2.17 bits per heavy atom. The minimum absolute atomic E-state index is 0.131. The third kappa shape index (κ3) is 5.61. The molecule has 0 heterocycles. The third-order valence-electron chi connectivity index (χ3n) is 4.42. The maximum absolute atomic E-state index is 13.2. The first kappa shape index (κ1) is 22.3. The first-order valence-corrected chi connectivity index (χ1v) is 11.4. The van der Waals surface area contributed by atoms with Crippen LogP contribution < -0.4 is 5.32 Å². The normalized spacial score (nSPS) is 11.4. The molecule has 0 spiro atoms. The van der Waals surface area contributed by atoms with Gasteiger partial charge in [-0.15, -0.1) is 0 Å². The average Bonchev–Trinajstić information content (AvgIpc) is 2.75. The number of hydrogen-bond acceptors (Lipinski definition) is 3. The van der Waals surface area contributed by atoms with Crippen molar-refractivity contribution >= 4 is 44.8 Å². The van der Waals surface area contributed by atoms with Crippen LogP contribution in [0.4, 0.5) is 5.69 Å². The van der Waals surface area contributed by atoms with E-state index in [9.17, 15) is 13.2 Å². The van der Waals surface area contributed by atoms with Crippen molar-refractivity contribution in [3.63, 3.8) is 0 Å². The Balaban J connectivity index is 1.81. The van der Waals surface area contributed by atoms with Gasteiger partial charge in [-0.1, -0.05) is 77.8 Å². The summed E-state index contributed by atoms with van der Waals surface area (Å²) in [6.45, 7) is -0.204. The van der Waals surface area contributed by atoms with Crippen molar-refractivity contribution in [2.24, 2.45) is 0 Å². The zero-order valence-electron chi connectivity index (χ0n) is 16.0. The molecule has 0 fully saturated rings. The smallest absolute Gasteiger partial charge is 0.243 e. The van der Waals surface area contributed by atoms with Crippen LogP contribution in [-0.2, 0) is 21.2 Å². The second kappa shape index (κ2) is 10.1. The van der Waals surface area contributed by atoms with E-state index >= 15 is 0 Å². The number of sulfonamides is 1. The number of carbonyl (C=O) groups excluding carboxylic acids is 1. The molecule has 0 aromatic heterocycles. The molecule has 0 bridgehead atoms. The maximum atomic E-state index is 13.2. The zero-order valence-corrected chi connectivity index (χ0v) is 18.3. The second-order valence-corrected chi connectivity index (χ2v) is 9.26. The molecule has 3 rings (SSSR count). The first-order valence-electron chi connectivity index (χ1n) is 9.21. The van der Waals surface area contributed by atoms with Gasteiger partial charge in [0.05, 0.1) is 27.2 Å². The van der Waals surface area contributed by atoms with Crippen molar-refractivity contribution in [1.29, 1.82) is 0 Å². The Hall–Kier alpha value is -2.38. The first-order chi connectivity index (χ1) is 14.4. The van der Waals surface area contributed by atoms with Gasteiger partial charge in [-0.25, -0.2) is 8.42 Å². The van der Waals surface area contributed by atoms with Crippen LogP contribution in [0.2, 0.25) is 10.0 Å². The van der Waals surface area contributed by atoms with E-state index in [2.05, 4.69) is 5.32 Å². The van der Waals surface area contributed by atoms with Crippen LogP contribution in [0.5, 0.6) is 0 Å². The number of benzene rings is 3. The minimum Gasteiger partial charge on any atom is -0.324 e. The molecule has 156 valence electrons. The van der Waals surface area contributed by atoms with Gasteiger partial charge in [0.15, 0.2) is 0 Å². The highest BCUT2D eigenvalue weighted by atomic mass is 35.5. The van der Waals surface area contributed by atoms with Gasteiger partial charge in [0.2, 0.25) is 15.9 Å². The van der Waals surface area contributed by atoms with Crippen LogP contribution in [0.25, 0.3) is 0 Å². The van der Waals surface area contributed by atoms with Gasteiger partial charge in [0.25, 0.3) is 0 Å². The van der Waals surface area contributed by atoms with Crippen LogP contribution in [0.1, 0.15) is 5.56 Å². The lowest BCUT2D eigenvalue weighted by molar-refractivity contribution is -0.116. The van der Waals surface area contributed by atoms with Crippen LogP contribution in [0.15, 0.2) is 83.8 Å². The zero-order chi connectivity index (χ0) is 21.6. The molecule has 3 aromatic rings. The molecule has 0 unspecified atom stereocenters. The van der Waals surface area contributed by atoms with Crippen LogP contribution >= 0.6 is 23.2 Å². The number of amides is 1. The fourth-order valence-corrected chi connectivity index (χ4v) is 4.64.